The summed E-state index contributed by atoms with van der Waals surface area (Å²) in [7, 11) is 0. The fraction of sp³-hybridized carbons (Fsp3) is 0.316. The van der Waals surface area contributed by atoms with Crippen molar-refractivity contribution in [3.8, 4) is 0 Å². The van der Waals surface area contributed by atoms with E-state index in [0.29, 0.717) is 5.92 Å². The first kappa shape index (κ1) is 16.1. The van der Waals surface area contributed by atoms with Crippen molar-refractivity contribution in [1.29, 1.82) is 0 Å². The van der Waals surface area contributed by atoms with E-state index < -0.39 is 0 Å². The molecule has 0 saturated carbocycles. The summed E-state index contributed by atoms with van der Waals surface area (Å²) in [5, 5.41) is -0.210. The molecule has 2 nitrogen and oxygen atoms in total. The van der Waals surface area contributed by atoms with Crippen molar-refractivity contribution in [2.45, 2.75) is 37.3 Å². The number of halogens is 1. The highest BCUT2D eigenvalue weighted by Crippen LogP contribution is 2.45. The second-order valence-electron chi connectivity index (χ2n) is 6.14. The van der Waals surface area contributed by atoms with Gasteiger partial charge in [-0.1, -0.05) is 38.1 Å². The van der Waals surface area contributed by atoms with Gasteiger partial charge in [-0.05, 0) is 48.2 Å². The van der Waals surface area contributed by atoms with E-state index in [4.69, 9.17) is 0 Å². The van der Waals surface area contributed by atoms with E-state index in [9.17, 15) is 9.18 Å². The zero-order chi connectivity index (χ0) is 16.6. The van der Waals surface area contributed by atoms with Crippen molar-refractivity contribution in [1.82, 2.24) is 0 Å². The van der Waals surface area contributed by atoms with Gasteiger partial charge in [0.25, 0.3) is 0 Å². The number of benzene rings is 2. The maximum atomic E-state index is 13.2. The quantitative estimate of drug-likeness (QED) is 0.779. The average molecular weight is 329 g/mol. The molecular weight excluding hydrogens is 309 g/mol. The molecule has 0 spiro atoms. The highest BCUT2D eigenvalue weighted by atomic mass is 32.2. The van der Waals surface area contributed by atoms with Crippen LogP contribution in [-0.2, 0) is 4.79 Å². The normalized spacial score (nSPS) is 21.3. The lowest BCUT2D eigenvalue weighted by molar-refractivity contribution is -0.117. The minimum absolute atomic E-state index is 0.0987. The summed E-state index contributed by atoms with van der Waals surface area (Å²) in [6.07, 6.45) is 0. The van der Waals surface area contributed by atoms with Crippen LogP contribution in [0.4, 0.5) is 10.1 Å². The Hall–Kier alpha value is -1.81. The molecule has 1 aliphatic rings. The number of carbonyl (C=O) groups is 1. The van der Waals surface area contributed by atoms with Crippen molar-refractivity contribution < 1.29 is 9.18 Å². The van der Waals surface area contributed by atoms with E-state index >= 15 is 0 Å². The first-order valence-electron chi connectivity index (χ1n) is 7.81. The van der Waals surface area contributed by atoms with Gasteiger partial charge in [0, 0.05) is 5.69 Å². The molecule has 23 heavy (non-hydrogen) atoms. The van der Waals surface area contributed by atoms with Gasteiger partial charge in [-0.25, -0.2) is 4.39 Å². The Morgan fingerprint density at radius 1 is 1.04 bits per heavy atom. The molecular formula is C19H20FNOS. The third kappa shape index (κ3) is 3.13. The maximum Gasteiger partial charge on any atom is 0.241 e. The summed E-state index contributed by atoms with van der Waals surface area (Å²) < 4.78 is 13.2. The summed E-state index contributed by atoms with van der Waals surface area (Å²) in [5.41, 5.74) is 3.09. The molecule has 4 heteroatoms. The van der Waals surface area contributed by atoms with Crippen LogP contribution in [0.5, 0.6) is 0 Å². The molecule has 1 amide bonds. The van der Waals surface area contributed by atoms with Crippen LogP contribution in [0.25, 0.3) is 0 Å². The summed E-state index contributed by atoms with van der Waals surface area (Å²) >= 11 is 1.60. The first-order valence-corrected chi connectivity index (χ1v) is 8.75. The van der Waals surface area contributed by atoms with Crippen LogP contribution in [0.3, 0.4) is 0 Å². The van der Waals surface area contributed by atoms with Gasteiger partial charge in [-0.15, -0.1) is 11.8 Å². The molecule has 0 aliphatic carbocycles. The van der Waals surface area contributed by atoms with Crippen molar-refractivity contribution in [3.63, 3.8) is 0 Å². The largest absolute Gasteiger partial charge is 0.295 e. The van der Waals surface area contributed by atoms with Crippen molar-refractivity contribution >= 4 is 23.4 Å². The molecule has 1 saturated heterocycles. The predicted molar refractivity (Wildman–Crippen MR) is 94.2 cm³/mol. The maximum absolute atomic E-state index is 13.2. The van der Waals surface area contributed by atoms with Crippen LogP contribution < -0.4 is 4.90 Å². The molecule has 0 unspecified atom stereocenters. The lowest BCUT2D eigenvalue weighted by Gasteiger charge is -2.24. The van der Waals surface area contributed by atoms with Gasteiger partial charge < -0.3 is 0 Å². The SMILES string of the molecule is CC(C)c1ccc(N2C(=O)[C@H](C)S[C@H]2c2ccc(F)cc2)cc1. The minimum Gasteiger partial charge on any atom is -0.295 e. The molecule has 0 N–H and O–H groups in total. The summed E-state index contributed by atoms with van der Waals surface area (Å²) in [4.78, 5) is 14.4. The number of hydrogen-bond donors (Lipinski definition) is 0. The molecule has 2 aromatic carbocycles. The lowest BCUT2D eigenvalue weighted by atomic mass is 10.0. The molecule has 1 aliphatic heterocycles. The van der Waals surface area contributed by atoms with E-state index in [1.54, 1.807) is 23.9 Å². The predicted octanol–water partition coefficient (Wildman–Crippen LogP) is 5.12. The number of nitrogens with zero attached hydrogens (tertiary/aromatic N) is 1. The topological polar surface area (TPSA) is 20.3 Å². The van der Waals surface area contributed by atoms with E-state index in [2.05, 4.69) is 26.0 Å². The summed E-state index contributed by atoms with van der Waals surface area (Å²) in [6, 6.07) is 14.6. The molecule has 0 aromatic heterocycles. The molecule has 3 rings (SSSR count). The third-order valence-electron chi connectivity index (χ3n) is 4.15. The Morgan fingerprint density at radius 3 is 2.22 bits per heavy atom. The first-order chi connectivity index (χ1) is 11.0. The molecule has 120 valence electrons. The standard InChI is InChI=1S/C19H20FNOS/c1-12(2)14-6-10-17(11-7-14)21-18(22)13(3)23-19(21)15-4-8-16(20)9-5-15/h4-13,19H,1-3H3/t13-,19-/m0/s1. The Morgan fingerprint density at radius 2 is 1.65 bits per heavy atom. The van der Waals surface area contributed by atoms with E-state index in [1.807, 2.05) is 24.0 Å². The smallest absolute Gasteiger partial charge is 0.241 e. The number of anilines is 1. The molecule has 1 heterocycles. The number of thioether (sulfide) groups is 1. The Kier molecular flexibility index (Phi) is 4.44. The van der Waals surface area contributed by atoms with Crippen LogP contribution in [0.15, 0.2) is 48.5 Å². The second kappa shape index (κ2) is 6.36. The second-order valence-corrected chi connectivity index (χ2v) is 7.56. The third-order valence-corrected chi connectivity index (χ3v) is 5.50. The summed E-state index contributed by atoms with van der Waals surface area (Å²) in [6.45, 7) is 6.22. The molecule has 0 bridgehead atoms. The van der Waals surface area contributed by atoms with Crippen LogP contribution in [0.2, 0.25) is 0 Å². The van der Waals surface area contributed by atoms with Crippen molar-refractivity contribution in [3.05, 3.63) is 65.5 Å². The van der Waals surface area contributed by atoms with Gasteiger partial charge >= 0.3 is 0 Å². The van der Waals surface area contributed by atoms with Crippen LogP contribution >= 0.6 is 11.8 Å². The fourth-order valence-corrected chi connectivity index (χ4v) is 4.04. The Bertz CT molecular complexity index is 696. The van der Waals surface area contributed by atoms with E-state index in [1.165, 1.54) is 17.7 Å². The molecule has 2 aromatic rings. The van der Waals surface area contributed by atoms with Gasteiger partial charge in [0.1, 0.15) is 11.2 Å². The lowest BCUT2D eigenvalue weighted by Crippen LogP contribution is -2.30. The highest BCUT2D eigenvalue weighted by molar-refractivity contribution is 8.01. The molecule has 1 fully saturated rings. The number of carbonyl (C=O) groups excluding carboxylic acids is 1. The number of amides is 1. The van der Waals surface area contributed by atoms with Crippen LogP contribution in [0, 0.1) is 5.82 Å². The monoisotopic (exact) mass is 329 g/mol. The number of rotatable bonds is 3. The Labute approximate surface area is 140 Å². The number of hydrogen-bond acceptors (Lipinski definition) is 2. The van der Waals surface area contributed by atoms with E-state index in [-0.39, 0.29) is 22.3 Å². The van der Waals surface area contributed by atoms with Crippen LogP contribution in [-0.4, -0.2) is 11.2 Å². The van der Waals surface area contributed by atoms with Crippen molar-refractivity contribution in [2.75, 3.05) is 4.90 Å². The zero-order valence-electron chi connectivity index (χ0n) is 13.5. The van der Waals surface area contributed by atoms with Gasteiger partial charge in [0.05, 0.1) is 5.25 Å². The average Bonchev–Trinajstić information content (AvgIpc) is 2.84. The van der Waals surface area contributed by atoms with Gasteiger partial charge in [0.15, 0.2) is 0 Å². The zero-order valence-corrected chi connectivity index (χ0v) is 14.3. The van der Waals surface area contributed by atoms with Crippen LogP contribution in [0.1, 0.15) is 43.2 Å². The van der Waals surface area contributed by atoms with Gasteiger partial charge in [-0.3, -0.25) is 9.69 Å². The molecule has 2 atom stereocenters. The highest BCUT2D eigenvalue weighted by Gasteiger charge is 2.39. The van der Waals surface area contributed by atoms with E-state index in [0.717, 1.165) is 11.3 Å². The Balaban J connectivity index is 1.96. The van der Waals surface area contributed by atoms with Gasteiger partial charge in [-0.2, -0.15) is 0 Å². The molecule has 0 radical (unpaired) electrons. The fourth-order valence-electron chi connectivity index (χ4n) is 2.76. The summed E-state index contributed by atoms with van der Waals surface area (Å²) in [5.74, 6) is 0.296. The van der Waals surface area contributed by atoms with Crippen molar-refractivity contribution in [2.24, 2.45) is 0 Å². The van der Waals surface area contributed by atoms with Gasteiger partial charge in [0.2, 0.25) is 5.91 Å². The minimum atomic E-state index is -0.260.